The summed E-state index contributed by atoms with van der Waals surface area (Å²) in [4.78, 5) is 0. The van der Waals surface area contributed by atoms with Crippen LogP contribution in [0.5, 0.6) is 23.0 Å². The van der Waals surface area contributed by atoms with E-state index in [-0.39, 0.29) is 23.0 Å². The molecule has 140 valence electrons. The van der Waals surface area contributed by atoms with Crippen molar-refractivity contribution in [3.05, 3.63) is 34.9 Å². The van der Waals surface area contributed by atoms with Crippen LogP contribution in [0.2, 0.25) is 0 Å². The molecule has 2 aromatic rings. The van der Waals surface area contributed by atoms with E-state index in [1.54, 1.807) is 13.2 Å². The normalized spacial score (nSPS) is 19.0. The summed E-state index contributed by atoms with van der Waals surface area (Å²) in [7, 11) is 7.55. The van der Waals surface area contributed by atoms with Crippen molar-refractivity contribution < 1.29 is 29.6 Å². The van der Waals surface area contributed by atoms with Crippen molar-refractivity contribution in [1.29, 1.82) is 0 Å². The molecule has 2 aromatic carbocycles. The molecule has 26 heavy (non-hydrogen) atoms. The zero-order valence-electron chi connectivity index (χ0n) is 15.5. The fraction of sp³-hybridized carbons (Fsp3) is 0.400. The number of benzene rings is 2. The van der Waals surface area contributed by atoms with Gasteiger partial charge in [-0.05, 0) is 23.3 Å². The summed E-state index contributed by atoms with van der Waals surface area (Å²) in [6.07, 6.45) is 1.74. The number of nitrogens with zero attached hydrogens (tertiary/aromatic N) is 1. The van der Waals surface area contributed by atoms with Crippen LogP contribution in [0.25, 0.3) is 11.1 Å². The maximum atomic E-state index is 10.9. The highest BCUT2D eigenvalue weighted by molar-refractivity contribution is 5.87. The van der Waals surface area contributed by atoms with Crippen LogP contribution in [0.1, 0.15) is 22.7 Å². The van der Waals surface area contributed by atoms with Crippen molar-refractivity contribution in [1.82, 2.24) is 0 Å². The summed E-state index contributed by atoms with van der Waals surface area (Å²) in [5, 5.41) is 21.7. The SMILES string of the molecule is COc1ccc2c(c1O)-c1c(O)c(OC)cc3c1[C@H](C2)[N+](C)(C)CC3.[OH-]. The fourth-order valence-corrected chi connectivity index (χ4v) is 4.41. The standard InChI is InChI=1S/C20H23NO4.H2O/c1-21(2)8-7-12-10-15(25-4)20(23)18-16(12)13(21)9-11-5-6-14(24-3)19(22)17(11)18;/h5-6,10,13H,7-9H2,1-4H3,(H-,22,23);1H2/t13-;/m0./s1. The van der Waals surface area contributed by atoms with Crippen LogP contribution >= 0.6 is 0 Å². The molecule has 1 aliphatic carbocycles. The smallest absolute Gasteiger partial charge is 0.166 e. The lowest BCUT2D eigenvalue weighted by Crippen LogP contribution is -2.49. The first-order valence-corrected chi connectivity index (χ1v) is 8.53. The van der Waals surface area contributed by atoms with Crippen LogP contribution in [-0.2, 0) is 12.8 Å². The lowest BCUT2D eigenvalue weighted by molar-refractivity contribution is -0.923. The van der Waals surface area contributed by atoms with E-state index >= 15 is 0 Å². The van der Waals surface area contributed by atoms with Gasteiger partial charge in [-0.1, -0.05) is 6.07 Å². The van der Waals surface area contributed by atoms with Crippen molar-refractivity contribution in [3.8, 4) is 34.1 Å². The molecular formula is C20H25NO5. The summed E-state index contributed by atoms with van der Waals surface area (Å²) in [6, 6.07) is 5.98. The average Bonchev–Trinajstić information content (AvgIpc) is 2.59. The number of hydrogen-bond donors (Lipinski definition) is 2. The second kappa shape index (κ2) is 6.07. The Kier molecular flexibility index (Phi) is 4.29. The molecule has 0 unspecified atom stereocenters. The number of likely N-dealkylation sites (N-methyl/N-ethyl adjacent to an activating group) is 1. The highest BCUT2D eigenvalue weighted by Gasteiger charge is 2.44. The molecule has 0 fully saturated rings. The third kappa shape index (κ3) is 2.33. The van der Waals surface area contributed by atoms with Gasteiger partial charge in [0.1, 0.15) is 6.04 Å². The van der Waals surface area contributed by atoms with Gasteiger partial charge in [-0.2, -0.15) is 0 Å². The Hall–Kier alpha value is -2.44. The molecule has 6 nitrogen and oxygen atoms in total. The lowest BCUT2D eigenvalue weighted by atomic mass is 9.75. The van der Waals surface area contributed by atoms with E-state index in [1.807, 2.05) is 12.1 Å². The number of rotatable bonds is 2. The van der Waals surface area contributed by atoms with Crippen molar-refractivity contribution in [2.24, 2.45) is 0 Å². The van der Waals surface area contributed by atoms with E-state index in [4.69, 9.17) is 9.47 Å². The molecule has 0 saturated heterocycles. The zero-order valence-corrected chi connectivity index (χ0v) is 15.5. The number of quaternary nitrogens is 1. The Balaban J connectivity index is 0.00000196. The number of hydrogen-bond acceptors (Lipinski definition) is 5. The predicted octanol–water partition coefficient (Wildman–Crippen LogP) is 2.83. The first-order chi connectivity index (χ1) is 11.9. The van der Waals surface area contributed by atoms with Gasteiger partial charge in [0.05, 0.1) is 34.9 Å². The number of ether oxygens (including phenoxy) is 2. The minimum absolute atomic E-state index is 0. The molecule has 4 rings (SSSR count). The number of phenolic OH excluding ortho intramolecular Hbond substituents is 2. The van der Waals surface area contributed by atoms with Crippen molar-refractivity contribution in [2.75, 3.05) is 34.9 Å². The van der Waals surface area contributed by atoms with Crippen molar-refractivity contribution in [2.45, 2.75) is 18.9 Å². The van der Waals surface area contributed by atoms with Crippen molar-refractivity contribution in [3.63, 3.8) is 0 Å². The molecule has 1 atom stereocenters. The Morgan fingerprint density at radius 2 is 1.62 bits per heavy atom. The zero-order chi connectivity index (χ0) is 17.9. The van der Waals surface area contributed by atoms with Gasteiger partial charge < -0.3 is 29.6 Å². The monoisotopic (exact) mass is 359 g/mol. The second-order valence-corrected chi connectivity index (χ2v) is 7.50. The molecule has 3 N–H and O–H groups in total. The summed E-state index contributed by atoms with van der Waals surface area (Å²) >= 11 is 0. The molecule has 1 aliphatic heterocycles. The lowest BCUT2D eigenvalue weighted by Gasteiger charge is -2.46. The summed E-state index contributed by atoms with van der Waals surface area (Å²) in [5.74, 6) is 1.05. The Morgan fingerprint density at radius 1 is 0.962 bits per heavy atom. The van der Waals surface area contributed by atoms with Crippen molar-refractivity contribution >= 4 is 0 Å². The van der Waals surface area contributed by atoms with Crippen LogP contribution in [0.4, 0.5) is 0 Å². The highest BCUT2D eigenvalue weighted by atomic mass is 16.5. The average molecular weight is 359 g/mol. The van der Waals surface area contributed by atoms with Gasteiger partial charge in [0.2, 0.25) is 0 Å². The minimum atomic E-state index is 0. The Bertz CT molecular complexity index is 875. The van der Waals surface area contributed by atoms with E-state index in [1.165, 1.54) is 12.7 Å². The summed E-state index contributed by atoms with van der Waals surface area (Å²) in [6.45, 7) is 1.03. The molecule has 0 bridgehead atoms. The number of fused-ring (bicyclic) bond motifs is 2. The van der Waals surface area contributed by atoms with Gasteiger partial charge in [-0.25, -0.2) is 0 Å². The maximum absolute atomic E-state index is 10.9. The molecule has 0 aromatic heterocycles. The highest BCUT2D eigenvalue weighted by Crippen LogP contribution is 2.56. The third-order valence-corrected chi connectivity index (χ3v) is 5.86. The topological polar surface area (TPSA) is 88.9 Å². The first-order valence-electron chi connectivity index (χ1n) is 8.53. The molecular weight excluding hydrogens is 334 g/mol. The Labute approximate surface area is 153 Å². The van der Waals surface area contributed by atoms with Crippen LogP contribution in [-0.4, -0.2) is 55.0 Å². The van der Waals surface area contributed by atoms with Gasteiger partial charge in [0.25, 0.3) is 0 Å². The quantitative estimate of drug-likeness (QED) is 0.805. The molecule has 2 aliphatic rings. The van der Waals surface area contributed by atoms with Crippen LogP contribution < -0.4 is 9.47 Å². The van der Waals surface area contributed by atoms with E-state index in [9.17, 15) is 10.2 Å². The number of phenols is 2. The fourth-order valence-electron chi connectivity index (χ4n) is 4.41. The Morgan fingerprint density at radius 3 is 2.27 bits per heavy atom. The molecule has 0 amide bonds. The number of aromatic hydroxyl groups is 2. The first kappa shape index (κ1) is 18.4. The van der Waals surface area contributed by atoms with E-state index in [0.717, 1.165) is 35.0 Å². The van der Waals surface area contributed by atoms with Gasteiger partial charge in [0.15, 0.2) is 23.0 Å². The second-order valence-electron chi connectivity index (χ2n) is 7.50. The molecule has 0 radical (unpaired) electrons. The van der Waals surface area contributed by atoms with E-state index in [2.05, 4.69) is 14.1 Å². The van der Waals surface area contributed by atoms with E-state index < -0.39 is 0 Å². The van der Waals surface area contributed by atoms with Gasteiger partial charge in [0, 0.05) is 29.5 Å². The van der Waals surface area contributed by atoms with Crippen LogP contribution in [0.3, 0.4) is 0 Å². The van der Waals surface area contributed by atoms with Gasteiger partial charge in [-0.3, -0.25) is 0 Å². The van der Waals surface area contributed by atoms with Gasteiger partial charge >= 0.3 is 0 Å². The molecule has 6 heteroatoms. The predicted molar refractivity (Wildman–Crippen MR) is 97.4 cm³/mol. The largest absolute Gasteiger partial charge is 0.870 e. The van der Waals surface area contributed by atoms with Gasteiger partial charge in [-0.15, -0.1) is 0 Å². The van der Waals surface area contributed by atoms with Crippen LogP contribution in [0.15, 0.2) is 18.2 Å². The van der Waals surface area contributed by atoms with Crippen LogP contribution in [0, 0.1) is 0 Å². The molecule has 1 heterocycles. The number of methoxy groups -OCH3 is 2. The molecule has 0 saturated carbocycles. The molecule has 0 spiro atoms. The minimum Gasteiger partial charge on any atom is -0.870 e. The van der Waals surface area contributed by atoms with E-state index in [0.29, 0.717) is 22.6 Å². The maximum Gasteiger partial charge on any atom is 0.166 e. The summed E-state index contributed by atoms with van der Waals surface area (Å²) in [5.41, 5.74) is 4.72. The third-order valence-electron chi connectivity index (χ3n) is 5.86. The summed E-state index contributed by atoms with van der Waals surface area (Å²) < 4.78 is 11.6.